The summed E-state index contributed by atoms with van der Waals surface area (Å²) >= 11 is 0. The van der Waals surface area contributed by atoms with Gasteiger partial charge in [0.25, 0.3) is 5.91 Å². The quantitative estimate of drug-likeness (QED) is 0.806. The van der Waals surface area contributed by atoms with Crippen molar-refractivity contribution in [2.24, 2.45) is 0 Å². The Labute approximate surface area is 140 Å². The molecule has 0 fully saturated rings. The number of aromatic nitrogens is 2. The highest BCUT2D eigenvalue weighted by Gasteiger charge is 2.23. The van der Waals surface area contributed by atoms with Crippen LogP contribution in [0.5, 0.6) is 5.75 Å². The van der Waals surface area contributed by atoms with Crippen LogP contribution in [0.3, 0.4) is 0 Å². The topological polar surface area (TPSA) is 71.2 Å². The van der Waals surface area contributed by atoms with E-state index in [4.69, 9.17) is 10.00 Å². The number of nitriles is 1. The summed E-state index contributed by atoms with van der Waals surface area (Å²) in [7, 11) is 0. The first kappa shape index (κ1) is 14.8. The first-order chi connectivity index (χ1) is 11.7. The van der Waals surface area contributed by atoms with Crippen LogP contribution in [0.1, 0.15) is 40.2 Å². The van der Waals surface area contributed by atoms with Crippen molar-refractivity contribution in [1.29, 1.82) is 5.26 Å². The lowest BCUT2D eigenvalue weighted by molar-refractivity contribution is 0.0745. The van der Waals surface area contributed by atoms with Crippen molar-refractivity contribution in [3.8, 4) is 11.8 Å². The number of carbonyl (C=O) groups excluding carboxylic acids is 1. The molecule has 1 aromatic heterocycles. The first-order valence-electron chi connectivity index (χ1n) is 8.26. The van der Waals surface area contributed by atoms with E-state index in [1.165, 1.54) is 0 Å². The number of fused-ring (bicyclic) bond motifs is 2. The van der Waals surface area contributed by atoms with Crippen LogP contribution in [0.2, 0.25) is 0 Å². The normalized spacial score (nSPS) is 16.4. The fourth-order valence-electron chi connectivity index (χ4n) is 3.37. The average molecular weight is 322 g/mol. The van der Waals surface area contributed by atoms with Crippen LogP contribution in [-0.2, 0) is 19.5 Å². The van der Waals surface area contributed by atoms with E-state index in [1.807, 2.05) is 27.8 Å². The Bertz CT molecular complexity index is 834. The molecule has 6 nitrogen and oxygen atoms in total. The average Bonchev–Trinajstić information content (AvgIpc) is 2.91. The molecule has 0 bridgehead atoms. The van der Waals surface area contributed by atoms with Gasteiger partial charge in [0, 0.05) is 18.7 Å². The Morgan fingerprint density at radius 1 is 1.25 bits per heavy atom. The molecule has 2 aliphatic rings. The maximum atomic E-state index is 12.9. The maximum absolute atomic E-state index is 12.9. The maximum Gasteiger partial charge on any atom is 0.254 e. The van der Waals surface area contributed by atoms with Gasteiger partial charge in [0.1, 0.15) is 11.8 Å². The third-order valence-electron chi connectivity index (χ3n) is 4.57. The standard InChI is InChI=1S/C18H18N4O2/c19-11-15-10-16-12-21(6-2-7-22(16)20-15)18(23)14-4-5-17-13(9-14)3-1-8-24-17/h4-5,9-10H,1-3,6-8,12H2. The summed E-state index contributed by atoms with van der Waals surface area (Å²) in [5, 5.41) is 13.3. The number of nitrogens with zero attached hydrogens (tertiary/aromatic N) is 4. The fraction of sp³-hybridized carbons (Fsp3) is 0.389. The minimum absolute atomic E-state index is 0.0246. The zero-order chi connectivity index (χ0) is 16.5. The summed E-state index contributed by atoms with van der Waals surface area (Å²) in [6.45, 7) is 2.66. The summed E-state index contributed by atoms with van der Waals surface area (Å²) in [4.78, 5) is 14.8. The highest BCUT2D eigenvalue weighted by atomic mass is 16.5. The highest BCUT2D eigenvalue weighted by molar-refractivity contribution is 5.94. The molecule has 1 aromatic carbocycles. The third-order valence-corrected chi connectivity index (χ3v) is 4.57. The van der Waals surface area contributed by atoms with Crippen LogP contribution >= 0.6 is 0 Å². The molecule has 0 atom stereocenters. The Morgan fingerprint density at radius 3 is 3.04 bits per heavy atom. The SMILES string of the molecule is N#Cc1cc2n(n1)CCCN(C(=O)c1ccc3c(c1)CCCO3)C2. The fourth-order valence-corrected chi connectivity index (χ4v) is 3.37. The number of hydrogen-bond acceptors (Lipinski definition) is 4. The van der Waals surface area contributed by atoms with Crippen molar-refractivity contribution in [2.75, 3.05) is 13.2 Å². The molecule has 0 saturated carbocycles. The molecule has 0 saturated heterocycles. The van der Waals surface area contributed by atoms with E-state index >= 15 is 0 Å². The molecule has 0 unspecified atom stereocenters. The Hall–Kier alpha value is -2.81. The van der Waals surface area contributed by atoms with E-state index in [1.54, 1.807) is 6.07 Å². The lowest BCUT2D eigenvalue weighted by Gasteiger charge is -2.22. The van der Waals surface area contributed by atoms with Crippen molar-refractivity contribution in [1.82, 2.24) is 14.7 Å². The van der Waals surface area contributed by atoms with Gasteiger partial charge < -0.3 is 9.64 Å². The van der Waals surface area contributed by atoms with Gasteiger partial charge in [-0.2, -0.15) is 10.4 Å². The monoisotopic (exact) mass is 322 g/mol. The van der Waals surface area contributed by atoms with Crippen molar-refractivity contribution in [3.05, 3.63) is 46.8 Å². The molecule has 0 aliphatic carbocycles. The predicted octanol–water partition coefficient (Wildman–Crippen LogP) is 2.13. The van der Waals surface area contributed by atoms with Crippen molar-refractivity contribution in [2.45, 2.75) is 32.4 Å². The summed E-state index contributed by atoms with van der Waals surface area (Å²) in [5.74, 6) is 0.918. The molecule has 2 aliphatic heterocycles. The number of rotatable bonds is 1. The summed E-state index contributed by atoms with van der Waals surface area (Å²) in [5.41, 5.74) is 3.13. The molecule has 0 radical (unpaired) electrons. The molecule has 6 heteroatoms. The predicted molar refractivity (Wildman–Crippen MR) is 86.6 cm³/mol. The number of hydrogen-bond donors (Lipinski definition) is 0. The summed E-state index contributed by atoms with van der Waals surface area (Å²) in [6.07, 6.45) is 2.78. The van der Waals surface area contributed by atoms with E-state index in [2.05, 4.69) is 11.2 Å². The second-order valence-electron chi connectivity index (χ2n) is 6.21. The van der Waals surface area contributed by atoms with E-state index in [0.29, 0.717) is 24.3 Å². The van der Waals surface area contributed by atoms with Crippen LogP contribution in [0.4, 0.5) is 0 Å². The summed E-state index contributed by atoms with van der Waals surface area (Å²) in [6, 6.07) is 9.54. The first-order valence-corrected chi connectivity index (χ1v) is 8.26. The molecular weight excluding hydrogens is 304 g/mol. The highest BCUT2D eigenvalue weighted by Crippen LogP contribution is 2.26. The van der Waals surface area contributed by atoms with E-state index < -0.39 is 0 Å². The van der Waals surface area contributed by atoms with E-state index in [-0.39, 0.29) is 5.91 Å². The van der Waals surface area contributed by atoms with Crippen LogP contribution in [0.15, 0.2) is 24.3 Å². The van der Waals surface area contributed by atoms with Gasteiger partial charge in [-0.15, -0.1) is 0 Å². The van der Waals surface area contributed by atoms with Gasteiger partial charge in [0.2, 0.25) is 0 Å². The van der Waals surface area contributed by atoms with Gasteiger partial charge in [-0.25, -0.2) is 0 Å². The zero-order valence-electron chi connectivity index (χ0n) is 13.4. The molecule has 4 rings (SSSR count). The van der Waals surface area contributed by atoms with Crippen LogP contribution in [0, 0.1) is 11.3 Å². The van der Waals surface area contributed by atoms with Crippen molar-refractivity contribution in [3.63, 3.8) is 0 Å². The Morgan fingerprint density at radius 2 is 2.17 bits per heavy atom. The van der Waals surface area contributed by atoms with Gasteiger partial charge in [-0.3, -0.25) is 9.48 Å². The zero-order valence-corrected chi connectivity index (χ0v) is 13.4. The molecule has 1 amide bonds. The van der Waals surface area contributed by atoms with Gasteiger partial charge in [-0.1, -0.05) is 0 Å². The molecule has 0 N–H and O–H groups in total. The number of carbonyl (C=O) groups is 1. The minimum Gasteiger partial charge on any atom is -0.493 e. The van der Waals surface area contributed by atoms with Crippen molar-refractivity contribution < 1.29 is 9.53 Å². The van der Waals surface area contributed by atoms with E-state index in [0.717, 1.165) is 49.4 Å². The molecular formula is C18H18N4O2. The summed E-state index contributed by atoms with van der Waals surface area (Å²) < 4.78 is 7.46. The smallest absolute Gasteiger partial charge is 0.254 e. The second kappa shape index (κ2) is 6.00. The van der Waals surface area contributed by atoms with Crippen LogP contribution < -0.4 is 4.74 Å². The van der Waals surface area contributed by atoms with Gasteiger partial charge in [0.15, 0.2) is 5.69 Å². The van der Waals surface area contributed by atoms with Crippen LogP contribution in [-0.4, -0.2) is 33.7 Å². The Balaban J connectivity index is 1.59. The molecule has 3 heterocycles. The lowest BCUT2D eigenvalue weighted by Crippen LogP contribution is -2.30. The van der Waals surface area contributed by atoms with Gasteiger partial charge in [0.05, 0.1) is 18.8 Å². The largest absolute Gasteiger partial charge is 0.493 e. The number of aryl methyl sites for hydroxylation is 2. The van der Waals surface area contributed by atoms with Crippen LogP contribution in [0.25, 0.3) is 0 Å². The van der Waals surface area contributed by atoms with Gasteiger partial charge >= 0.3 is 0 Å². The minimum atomic E-state index is 0.0246. The molecule has 122 valence electrons. The number of amides is 1. The number of ether oxygens (including phenoxy) is 1. The van der Waals surface area contributed by atoms with E-state index in [9.17, 15) is 4.79 Å². The van der Waals surface area contributed by atoms with Gasteiger partial charge in [-0.05, 0) is 49.1 Å². The lowest BCUT2D eigenvalue weighted by atomic mass is 10.0. The molecule has 0 spiro atoms. The Kier molecular flexibility index (Phi) is 3.69. The third kappa shape index (κ3) is 2.62. The number of benzene rings is 1. The second-order valence-corrected chi connectivity index (χ2v) is 6.21. The molecule has 2 aromatic rings. The van der Waals surface area contributed by atoms with Crippen molar-refractivity contribution >= 4 is 5.91 Å². The molecule has 24 heavy (non-hydrogen) atoms.